The van der Waals surface area contributed by atoms with Gasteiger partial charge in [0.1, 0.15) is 22.3 Å². The van der Waals surface area contributed by atoms with Crippen LogP contribution in [-0.2, 0) is 9.59 Å². The predicted octanol–water partition coefficient (Wildman–Crippen LogP) is 3.27. The first-order valence-corrected chi connectivity index (χ1v) is 7.35. The Kier molecular flexibility index (Phi) is 4.22. The number of nitrogens with zero attached hydrogens (tertiary/aromatic N) is 1. The van der Waals surface area contributed by atoms with Crippen LogP contribution in [0, 0.1) is 5.82 Å². The van der Waals surface area contributed by atoms with E-state index in [1.54, 1.807) is 24.3 Å². The number of amides is 2. The molecule has 0 aromatic heterocycles. The van der Waals surface area contributed by atoms with Crippen molar-refractivity contribution in [1.82, 2.24) is 0 Å². The summed E-state index contributed by atoms with van der Waals surface area (Å²) in [6.45, 7) is 0. The highest BCUT2D eigenvalue weighted by molar-refractivity contribution is 6.53. The second kappa shape index (κ2) is 6.33. The first-order chi connectivity index (χ1) is 11.5. The van der Waals surface area contributed by atoms with Crippen LogP contribution in [0.3, 0.4) is 0 Å². The number of para-hydroxylation sites is 1. The lowest BCUT2D eigenvalue weighted by Gasteiger charge is -2.16. The highest BCUT2D eigenvalue weighted by Gasteiger charge is 2.39. The SMILES string of the molecule is COc1cccc(N2C(=O)C(Cl)=C(Nc3ccccc3F)C2=O)c1. The fraction of sp³-hybridized carbons (Fsp3) is 0.0588. The van der Waals surface area contributed by atoms with Gasteiger partial charge in [0, 0.05) is 6.07 Å². The maximum atomic E-state index is 13.8. The molecule has 0 saturated heterocycles. The van der Waals surface area contributed by atoms with Crippen molar-refractivity contribution in [1.29, 1.82) is 0 Å². The Morgan fingerprint density at radius 3 is 2.54 bits per heavy atom. The summed E-state index contributed by atoms with van der Waals surface area (Å²) in [5, 5.41) is 2.30. The molecule has 2 aromatic rings. The number of rotatable bonds is 4. The summed E-state index contributed by atoms with van der Waals surface area (Å²) in [6.07, 6.45) is 0. The van der Waals surface area contributed by atoms with Gasteiger partial charge in [-0.25, -0.2) is 9.29 Å². The van der Waals surface area contributed by atoms with E-state index in [4.69, 9.17) is 16.3 Å². The molecule has 0 unspecified atom stereocenters. The van der Waals surface area contributed by atoms with Crippen LogP contribution in [0.1, 0.15) is 0 Å². The van der Waals surface area contributed by atoms with Gasteiger partial charge in [0.05, 0.1) is 18.5 Å². The minimum Gasteiger partial charge on any atom is -0.497 e. The lowest BCUT2D eigenvalue weighted by Crippen LogP contribution is -2.32. The largest absolute Gasteiger partial charge is 0.497 e. The number of hydrogen-bond donors (Lipinski definition) is 1. The van der Waals surface area contributed by atoms with Crippen LogP contribution in [0.25, 0.3) is 0 Å². The highest BCUT2D eigenvalue weighted by atomic mass is 35.5. The fourth-order valence-corrected chi connectivity index (χ4v) is 2.51. The summed E-state index contributed by atoms with van der Waals surface area (Å²) in [5.41, 5.74) is 0.196. The number of anilines is 2. The van der Waals surface area contributed by atoms with Crippen molar-refractivity contribution in [3.8, 4) is 5.75 Å². The van der Waals surface area contributed by atoms with Gasteiger partial charge in [-0.05, 0) is 24.3 Å². The highest BCUT2D eigenvalue weighted by Crippen LogP contribution is 2.32. The Labute approximate surface area is 142 Å². The van der Waals surface area contributed by atoms with Crippen molar-refractivity contribution < 1.29 is 18.7 Å². The molecule has 0 saturated carbocycles. The zero-order valence-corrected chi connectivity index (χ0v) is 13.3. The Hall–Kier alpha value is -2.86. The first kappa shape index (κ1) is 16.0. The van der Waals surface area contributed by atoms with E-state index in [1.165, 1.54) is 31.4 Å². The molecule has 1 aliphatic rings. The average molecular weight is 347 g/mol. The molecule has 3 rings (SSSR count). The van der Waals surface area contributed by atoms with Gasteiger partial charge in [0.2, 0.25) is 0 Å². The van der Waals surface area contributed by atoms with E-state index in [1.807, 2.05) is 0 Å². The Bertz CT molecular complexity index is 866. The number of methoxy groups -OCH3 is 1. The van der Waals surface area contributed by atoms with Gasteiger partial charge < -0.3 is 10.1 Å². The van der Waals surface area contributed by atoms with E-state index in [-0.39, 0.29) is 16.4 Å². The number of nitrogens with one attached hydrogen (secondary N) is 1. The van der Waals surface area contributed by atoms with Crippen LogP contribution in [0.2, 0.25) is 0 Å². The first-order valence-electron chi connectivity index (χ1n) is 6.97. The minimum atomic E-state index is -0.686. The summed E-state index contributed by atoms with van der Waals surface area (Å²) < 4.78 is 18.8. The molecule has 0 aliphatic carbocycles. The van der Waals surface area contributed by atoms with Crippen LogP contribution >= 0.6 is 11.6 Å². The Morgan fingerprint density at radius 2 is 1.83 bits per heavy atom. The van der Waals surface area contributed by atoms with Gasteiger partial charge in [-0.2, -0.15) is 0 Å². The van der Waals surface area contributed by atoms with Crippen LogP contribution in [0.5, 0.6) is 5.75 Å². The molecule has 0 radical (unpaired) electrons. The van der Waals surface area contributed by atoms with Crippen molar-refractivity contribution >= 4 is 34.8 Å². The lowest BCUT2D eigenvalue weighted by molar-refractivity contribution is -0.120. The van der Waals surface area contributed by atoms with E-state index < -0.39 is 17.6 Å². The van der Waals surface area contributed by atoms with Gasteiger partial charge in [-0.3, -0.25) is 9.59 Å². The summed E-state index contributed by atoms with van der Waals surface area (Å²) in [4.78, 5) is 25.8. The van der Waals surface area contributed by atoms with Crippen LogP contribution in [0.4, 0.5) is 15.8 Å². The number of benzene rings is 2. The number of carbonyl (C=O) groups is 2. The second-order valence-electron chi connectivity index (χ2n) is 4.94. The maximum Gasteiger partial charge on any atom is 0.283 e. The van der Waals surface area contributed by atoms with Crippen molar-refractivity contribution in [2.75, 3.05) is 17.3 Å². The summed E-state index contributed by atoms with van der Waals surface area (Å²) in [6, 6.07) is 12.2. The monoisotopic (exact) mass is 346 g/mol. The van der Waals surface area contributed by atoms with Gasteiger partial charge in [0.25, 0.3) is 11.8 Å². The van der Waals surface area contributed by atoms with Crippen molar-refractivity contribution in [2.24, 2.45) is 0 Å². The lowest BCUT2D eigenvalue weighted by atomic mass is 10.2. The van der Waals surface area contributed by atoms with Crippen LogP contribution < -0.4 is 15.0 Å². The van der Waals surface area contributed by atoms with E-state index in [9.17, 15) is 14.0 Å². The van der Waals surface area contributed by atoms with E-state index in [0.29, 0.717) is 11.4 Å². The van der Waals surface area contributed by atoms with E-state index >= 15 is 0 Å². The third kappa shape index (κ3) is 2.72. The molecule has 5 nitrogen and oxygen atoms in total. The molecule has 2 aromatic carbocycles. The normalized spacial score (nSPS) is 14.4. The molecule has 24 heavy (non-hydrogen) atoms. The fourth-order valence-electron chi connectivity index (χ4n) is 2.29. The van der Waals surface area contributed by atoms with Crippen LogP contribution in [-0.4, -0.2) is 18.9 Å². The minimum absolute atomic E-state index is 0.0549. The molecule has 1 aliphatic heterocycles. The average Bonchev–Trinajstić information content (AvgIpc) is 2.80. The summed E-state index contributed by atoms with van der Waals surface area (Å²) >= 11 is 6.00. The molecule has 7 heteroatoms. The molecule has 1 N–H and O–H groups in total. The molecule has 0 spiro atoms. The second-order valence-corrected chi connectivity index (χ2v) is 5.32. The van der Waals surface area contributed by atoms with Crippen molar-refractivity contribution in [2.45, 2.75) is 0 Å². The molecular formula is C17H12ClFN2O3. The smallest absolute Gasteiger partial charge is 0.283 e. The van der Waals surface area contributed by atoms with E-state index in [2.05, 4.69) is 5.32 Å². The predicted molar refractivity (Wildman–Crippen MR) is 88.4 cm³/mol. The molecule has 0 bridgehead atoms. The number of ether oxygens (including phenoxy) is 1. The third-order valence-electron chi connectivity index (χ3n) is 3.47. The molecule has 0 fully saturated rings. The van der Waals surface area contributed by atoms with Gasteiger partial charge in [-0.15, -0.1) is 0 Å². The quantitative estimate of drug-likeness (QED) is 0.863. The standard InChI is InChI=1S/C17H12ClFN2O3/c1-24-11-6-4-5-10(9-11)21-16(22)14(18)15(17(21)23)20-13-8-3-2-7-12(13)19/h2-9,20H,1H3. The molecule has 2 amide bonds. The number of halogens is 2. The van der Waals surface area contributed by atoms with Crippen molar-refractivity contribution in [3.63, 3.8) is 0 Å². The van der Waals surface area contributed by atoms with E-state index in [0.717, 1.165) is 4.90 Å². The summed E-state index contributed by atoms with van der Waals surface area (Å²) in [5.74, 6) is -1.43. The number of hydrogen-bond acceptors (Lipinski definition) is 4. The van der Waals surface area contributed by atoms with Gasteiger partial charge in [-0.1, -0.05) is 29.8 Å². The zero-order valence-electron chi connectivity index (χ0n) is 12.5. The van der Waals surface area contributed by atoms with Crippen molar-refractivity contribution in [3.05, 3.63) is 65.1 Å². The Balaban J connectivity index is 1.94. The number of carbonyl (C=O) groups excluding carboxylic acids is 2. The summed E-state index contributed by atoms with van der Waals surface area (Å²) in [7, 11) is 1.48. The molecular weight excluding hydrogens is 335 g/mol. The third-order valence-corrected chi connectivity index (χ3v) is 3.82. The topological polar surface area (TPSA) is 58.6 Å². The zero-order chi connectivity index (χ0) is 17.3. The van der Waals surface area contributed by atoms with Gasteiger partial charge in [0.15, 0.2) is 0 Å². The maximum absolute atomic E-state index is 13.8. The molecule has 1 heterocycles. The molecule has 0 atom stereocenters. The van der Waals surface area contributed by atoms with Crippen LogP contribution in [0.15, 0.2) is 59.3 Å². The number of imide groups is 1. The van der Waals surface area contributed by atoms with Gasteiger partial charge >= 0.3 is 0 Å². The molecule has 122 valence electrons. The Morgan fingerprint density at radius 1 is 1.08 bits per heavy atom.